The van der Waals surface area contributed by atoms with E-state index < -0.39 is 21.3 Å². The Morgan fingerprint density at radius 2 is 1.76 bits per heavy atom. The first-order chi connectivity index (χ1) is 11.6. The third kappa shape index (κ3) is 3.95. The Bertz CT molecular complexity index is 929. The Morgan fingerprint density at radius 3 is 2.36 bits per heavy atom. The Kier molecular flexibility index (Phi) is 6.05. The van der Waals surface area contributed by atoms with Crippen LogP contribution in [0, 0.1) is 13.8 Å². The highest BCUT2D eigenvalue weighted by molar-refractivity contribution is 7.93. The number of carbonyl (C=O) groups is 1. The second-order valence-corrected chi connectivity index (χ2v) is 8.57. The molecule has 0 radical (unpaired) electrons. The first kappa shape index (κ1) is 20.0. The van der Waals surface area contributed by atoms with E-state index in [1.165, 1.54) is 25.1 Å². The van der Waals surface area contributed by atoms with Crippen molar-refractivity contribution in [1.82, 2.24) is 0 Å². The Labute approximate surface area is 162 Å². The molecule has 0 saturated carbocycles. The van der Waals surface area contributed by atoms with Crippen molar-refractivity contribution in [2.24, 2.45) is 0 Å². The smallest absolute Gasteiger partial charge is 0.266 e. The Balaban J connectivity index is 2.77. The molecule has 0 spiro atoms. The molecule has 0 fully saturated rings. The second kappa shape index (κ2) is 7.54. The van der Waals surface area contributed by atoms with Gasteiger partial charge in [-0.3, -0.25) is 9.10 Å². The summed E-state index contributed by atoms with van der Waals surface area (Å²) in [5.41, 5.74) is 1.95. The summed E-state index contributed by atoms with van der Waals surface area (Å²) < 4.78 is 27.6. The Hall–Kier alpha value is -1.27. The lowest BCUT2D eigenvalue weighted by Gasteiger charge is -2.30. The third-order valence-electron chi connectivity index (χ3n) is 3.92. The second-order valence-electron chi connectivity index (χ2n) is 5.57. The van der Waals surface area contributed by atoms with Crippen molar-refractivity contribution in [1.29, 1.82) is 0 Å². The molecule has 2 aromatic rings. The molecule has 4 nitrogen and oxygen atoms in total. The van der Waals surface area contributed by atoms with Gasteiger partial charge in [-0.15, -0.1) is 0 Å². The van der Waals surface area contributed by atoms with Gasteiger partial charge >= 0.3 is 0 Å². The van der Waals surface area contributed by atoms with E-state index in [1.807, 2.05) is 13.0 Å². The first-order valence-corrected chi connectivity index (χ1v) is 9.89. The summed E-state index contributed by atoms with van der Waals surface area (Å²) in [5.74, 6) is 0. The third-order valence-corrected chi connectivity index (χ3v) is 6.84. The van der Waals surface area contributed by atoms with Crippen molar-refractivity contribution in [2.75, 3.05) is 4.31 Å². The molecule has 0 saturated heterocycles. The van der Waals surface area contributed by atoms with Gasteiger partial charge < -0.3 is 0 Å². The fourth-order valence-corrected chi connectivity index (χ4v) is 4.97. The van der Waals surface area contributed by atoms with Gasteiger partial charge in [0, 0.05) is 5.02 Å². The molecular formula is C17H16Cl3NO3S. The monoisotopic (exact) mass is 419 g/mol. The predicted molar refractivity (Wildman–Crippen MR) is 102 cm³/mol. The van der Waals surface area contributed by atoms with Gasteiger partial charge in [-0.2, -0.15) is 0 Å². The predicted octanol–water partition coefficient (Wildman–Crippen LogP) is 4.96. The number of hydrogen-bond donors (Lipinski definition) is 0. The van der Waals surface area contributed by atoms with Crippen molar-refractivity contribution >= 4 is 55.8 Å². The van der Waals surface area contributed by atoms with Gasteiger partial charge in [0.15, 0.2) is 0 Å². The summed E-state index contributed by atoms with van der Waals surface area (Å²) in [6, 6.07) is 8.19. The number of anilines is 1. The molecule has 0 aromatic heterocycles. The highest BCUT2D eigenvalue weighted by atomic mass is 35.5. The first-order valence-electron chi connectivity index (χ1n) is 7.32. The standard InChI is InChI=1S/C17H16Cl3NO3S/c1-10-5-4-6-15(11(10)2)21(12(3)17(20)22)25(23,24)16-9-13(18)7-8-14(16)19/h4-9,12H,1-3H3. The molecule has 0 bridgehead atoms. The summed E-state index contributed by atoms with van der Waals surface area (Å²) in [6.45, 7) is 5.05. The van der Waals surface area contributed by atoms with E-state index in [1.54, 1.807) is 19.1 Å². The van der Waals surface area contributed by atoms with Crippen molar-refractivity contribution in [3.8, 4) is 0 Å². The van der Waals surface area contributed by atoms with E-state index in [0.29, 0.717) is 11.3 Å². The van der Waals surface area contributed by atoms with Crippen LogP contribution in [0.15, 0.2) is 41.3 Å². The summed E-state index contributed by atoms with van der Waals surface area (Å²) in [5, 5.41) is -0.578. The van der Waals surface area contributed by atoms with Gasteiger partial charge in [0.1, 0.15) is 10.9 Å². The number of rotatable bonds is 5. The zero-order valence-electron chi connectivity index (χ0n) is 13.8. The summed E-state index contributed by atoms with van der Waals surface area (Å²) in [4.78, 5) is 11.6. The molecule has 0 amide bonds. The van der Waals surface area contributed by atoms with Crippen LogP contribution < -0.4 is 4.31 Å². The fourth-order valence-electron chi connectivity index (χ4n) is 2.39. The minimum absolute atomic E-state index is 0.00827. The van der Waals surface area contributed by atoms with Gasteiger partial charge in [0.2, 0.25) is 5.24 Å². The van der Waals surface area contributed by atoms with E-state index in [0.717, 1.165) is 9.87 Å². The average Bonchev–Trinajstić information content (AvgIpc) is 2.53. The molecule has 1 atom stereocenters. The topological polar surface area (TPSA) is 54.5 Å². The van der Waals surface area contributed by atoms with Gasteiger partial charge in [-0.1, -0.05) is 35.3 Å². The molecule has 0 N–H and O–H groups in total. The van der Waals surface area contributed by atoms with E-state index in [9.17, 15) is 13.2 Å². The van der Waals surface area contributed by atoms with Crippen LogP contribution in [0.2, 0.25) is 10.0 Å². The van der Waals surface area contributed by atoms with Crippen molar-refractivity contribution in [3.63, 3.8) is 0 Å². The van der Waals surface area contributed by atoms with E-state index in [2.05, 4.69) is 0 Å². The quantitative estimate of drug-likeness (QED) is 0.642. The van der Waals surface area contributed by atoms with Crippen molar-refractivity contribution < 1.29 is 13.2 Å². The highest BCUT2D eigenvalue weighted by Gasteiger charge is 2.35. The minimum Gasteiger partial charge on any atom is -0.279 e. The number of hydrogen-bond acceptors (Lipinski definition) is 3. The molecular weight excluding hydrogens is 405 g/mol. The number of benzene rings is 2. The molecule has 0 aliphatic heterocycles. The van der Waals surface area contributed by atoms with Crippen LogP contribution in [-0.2, 0) is 14.8 Å². The number of halogens is 3. The van der Waals surface area contributed by atoms with Crippen molar-refractivity contribution in [3.05, 3.63) is 57.6 Å². The number of carbonyl (C=O) groups excluding carboxylic acids is 1. The normalized spacial score (nSPS) is 12.7. The maximum atomic E-state index is 13.3. The maximum Gasteiger partial charge on any atom is 0.266 e. The van der Waals surface area contributed by atoms with Crippen LogP contribution in [-0.4, -0.2) is 19.7 Å². The molecule has 134 valence electrons. The van der Waals surface area contributed by atoms with Gasteiger partial charge in [0.05, 0.1) is 10.7 Å². The average molecular weight is 421 g/mol. The minimum atomic E-state index is -4.18. The molecule has 0 aliphatic carbocycles. The highest BCUT2D eigenvalue weighted by Crippen LogP contribution is 2.34. The zero-order valence-corrected chi connectivity index (χ0v) is 16.8. The van der Waals surface area contributed by atoms with Gasteiger partial charge in [-0.05, 0) is 67.8 Å². The van der Waals surface area contributed by atoms with E-state index in [-0.39, 0.29) is 14.9 Å². The van der Waals surface area contributed by atoms with E-state index >= 15 is 0 Å². The van der Waals surface area contributed by atoms with Crippen LogP contribution in [0.4, 0.5) is 5.69 Å². The van der Waals surface area contributed by atoms with Crippen LogP contribution in [0.25, 0.3) is 0 Å². The lowest BCUT2D eigenvalue weighted by molar-refractivity contribution is -0.112. The number of sulfonamides is 1. The molecule has 2 rings (SSSR count). The molecule has 2 aromatic carbocycles. The molecule has 1 unspecified atom stereocenters. The lowest BCUT2D eigenvalue weighted by Crippen LogP contribution is -2.42. The molecule has 25 heavy (non-hydrogen) atoms. The molecule has 0 aliphatic rings. The lowest BCUT2D eigenvalue weighted by atomic mass is 10.1. The summed E-state index contributed by atoms with van der Waals surface area (Å²) in [7, 11) is -4.18. The van der Waals surface area contributed by atoms with E-state index in [4.69, 9.17) is 34.8 Å². The zero-order chi connectivity index (χ0) is 18.9. The SMILES string of the molecule is Cc1cccc(N(C(C)C(=O)Cl)S(=O)(=O)c2cc(Cl)ccc2Cl)c1C. The number of aryl methyl sites for hydroxylation is 1. The van der Waals surface area contributed by atoms with Crippen LogP contribution in [0.5, 0.6) is 0 Å². The van der Waals surface area contributed by atoms with Crippen LogP contribution in [0.1, 0.15) is 18.1 Å². The number of nitrogens with zero attached hydrogens (tertiary/aromatic N) is 1. The summed E-state index contributed by atoms with van der Waals surface area (Å²) in [6.07, 6.45) is 0. The van der Waals surface area contributed by atoms with Gasteiger partial charge in [0.25, 0.3) is 10.0 Å². The van der Waals surface area contributed by atoms with Crippen molar-refractivity contribution in [2.45, 2.75) is 31.7 Å². The van der Waals surface area contributed by atoms with Gasteiger partial charge in [-0.25, -0.2) is 8.42 Å². The largest absolute Gasteiger partial charge is 0.279 e. The maximum absolute atomic E-state index is 13.3. The Morgan fingerprint density at radius 1 is 1.12 bits per heavy atom. The fraction of sp³-hybridized carbons (Fsp3) is 0.235. The van der Waals surface area contributed by atoms with Crippen LogP contribution >= 0.6 is 34.8 Å². The van der Waals surface area contributed by atoms with Crippen LogP contribution in [0.3, 0.4) is 0 Å². The molecule has 0 heterocycles. The molecule has 8 heteroatoms. The summed E-state index contributed by atoms with van der Waals surface area (Å²) >= 11 is 17.6.